The Bertz CT molecular complexity index is 355. The number of hydrogen-bond donors (Lipinski definition) is 1. The molecule has 0 aromatic rings. The van der Waals surface area contributed by atoms with E-state index < -0.39 is 12.0 Å². The summed E-state index contributed by atoms with van der Waals surface area (Å²) in [4.78, 5) is 34.3. The van der Waals surface area contributed by atoms with Crippen LogP contribution in [0.5, 0.6) is 0 Å². The van der Waals surface area contributed by atoms with E-state index in [0.717, 1.165) is 0 Å². The molecule has 0 radical (unpaired) electrons. The number of hydrogen-bond acceptors (Lipinski definition) is 5. The molecule has 108 valence electrons. The number of esters is 2. The first-order valence-corrected chi connectivity index (χ1v) is 6.59. The molecule has 0 bridgehead atoms. The minimum Gasteiger partial charge on any atom is -0.466 e. The van der Waals surface area contributed by atoms with Gasteiger partial charge in [-0.15, -0.1) is 0 Å². The van der Waals surface area contributed by atoms with Crippen molar-refractivity contribution in [1.82, 2.24) is 5.32 Å². The van der Waals surface area contributed by atoms with Crippen molar-refractivity contribution in [3.63, 3.8) is 0 Å². The predicted octanol–water partition coefficient (Wildman–Crippen LogP) is 0.643. The standard InChI is InChI=1S/C13H21NO5/c1-4-18-12(16)10-6-9(10)7-11(14-8(3)15)13(17)19-5-2/h9-11H,4-7H2,1-3H3,(H,14,15)/t9-,10-,11-/m1/s1. The molecule has 1 amide bonds. The Balaban J connectivity index is 2.48. The molecule has 1 aliphatic rings. The van der Waals surface area contributed by atoms with Crippen LogP contribution in [-0.2, 0) is 23.9 Å². The lowest BCUT2D eigenvalue weighted by molar-refractivity contribution is -0.148. The van der Waals surface area contributed by atoms with Gasteiger partial charge >= 0.3 is 11.9 Å². The van der Waals surface area contributed by atoms with E-state index in [2.05, 4.69) is 5.32 Å². The average Bonchev–Trinajstić information content (AvgIpc) is 3.07. The lowest BCUT2D eigenvalue weighted by atomic mass is 10.1. The molecule has 1 rings (SSSR count). The van der Waals surface area contributed by atoms with E-state index in [0.29, 0.717) is 19.4 Å². The minimum absolute atomic E-state index is 0.0836. The number of carbonyl (C=O) groups is 3. The zero-order valence-electron chi connectivity index (χ0n) is 11.6. The first-order valence-electron chi connectivity index (χ1n) is 6.59. The Kier molecular flexibility index (Phi) is 5.79. The van der Waals surface area contributed by atoms with Crippen LogP contribution < -0.4 is 5.32 Å². The van der Waals surface area contributed by atoms with Gasteiger partial charge in [-0.2, -0.15) is 0 Å². The monoisotopic (exact) mass is 271 g/mol. The molecule has 1 aliphatic carbocycles. The van der Waals surface area contributed by atoms with Crippen molar-refractivity contribution in [2.45, 2.75) is 39.7 Å². The lowest BCUT2D eigenvalue weighted by Crippen LogP contribution is -2.41. The average molecular weight is 271 g/mol. The summed E-state index contributed by atoms with van der Waals surface area (Å²) >= 11 is 0. The SMILES string of the molecule is CCOC(=O)[C@@H](C[C@H]1C[C@H]1C(=O)OCC)NC(C)=O. The second kappa shape index (κ2) is 7.11. The molecular weight excluding hydrogens is 250 g/mol. The molecule has 0 unspecified atom stereocenters. The molecule has 0 aromatic heterocycles. The van der Waals surface area contributed by atoms with Gasteiger partial charge in [-0.3, -0.25) is 9.59 Å². The van der Waals surface area contributed by atoms with Gasteiger partial charge in [-0.25, -0.2) is 4.79 Å². The fourth-order valence-electron chi connectivity index (χ4n) is 2.05. The van der Waals surface area contributed by atoms with Gasteiger partial charge in [0.1, 0.15) is 6.04 Å². The molecule has 0 saturated heterocycles. The Hall–Kier alpha value is -1.59. The number of ether oxygens (including phenoxy) is 2. The summed E-state index contributed by atoms with van der Waals surface area (Å²) in [6.45, 7) is 5.44. The van der Waals surface area contributed by atoms with Crippen LogP contribution in [-0.4, -0.2) is 37.1 Å². The van der Waals surface area contributed by atoms with Crippen molar-refractivity contribution in [2.24, 2.45) is 11.8 Å². The Morgan fingerprint density at radius 1 is 1.21 bits per heavy atom. The molecule has 6 heteroatoms. The summed E-state index contributed by atoms with van der Waals surface area (Å²) < 4.78 is 9.83. The summed E-state index contributed by atoms with van der Waals surface area (Å²) in [6, 6.07) is -0.679. The van der Waals surface area contributed by atoms with Crippen molar-refractivity contribution in [3.05, 3.63) is 0 Å². The van der Waals surface area contributed by atoms with Crippen LogP contribution in [0.2, 0.25) is 0 Å². The van der Waals surface area contributed by atoms with Crippen LogP contribution in [0.15, 0.2) is 0 Å². The summed E-state index contributed by atoms with van der Waals surface area (Å²) in [5.74, 6) is -1.03. The molecule has 1 saturated carbocycles. The van der Waals surface area contributed by atoms with Crippen molar-refractivity contribution >= 4 is 17.8 Å². The van der Waals surface area contributed by atoms with Gasteiger partial charge in [-0.1, -0.05) is 0 Å². The molecule has 3 atom stereocenters. The highest BCUT2D eigenvalue weighted by Crippen LogP contribution is 2.43. The van der Waals surface area contributed by atoms with Crippen LogP contribution in [0.25, 0.3) is 0 Å². The Morgan fingerprint density at radius 2 is 1.84 bits per heavy atom. The van der Waals surface area contributed by atoms with E-state index in [9.17, 15) is 14.4 Å². The summed E-state index contributed by atoms with van der Waals surface area (Å²) in [6.07, 6.45) is 1.12. The van der Waals surface area contributed by atoms with Crippen LogP contribution in [0.3, 0.4) is 0 Å². The second-order valence-electron chi connectivity index (χ2n) is 4.60. The molecule has 0 aliphatic heterocycles. The fraction of sp³-hybridized carbons (Fsp3) is 0.769. The van der Waals surface area contributed by atoms with E-state index in [1.807, 2.05) is 0 Å². The van der Waals surface area contributed by atoms with Gasteiger partial charge in [0, 0.05) is 6.92 Å². The van der Waals surface area contributed by atoms with Crippen LogP contribution in [0, 0.1) is 11.8 Å². The lowest BCUT2D eigenvalue weighted by Gasteiger charge is -2.16. The van der Waals surface area contributed by atoms with Crippen molar-refractivity contribution in [3.8, 4) is 0 Å². The van der Waals surface area contributed by atoms with Crippen molar-refractivity contribution in [1.29, 1.82) is 0 Å². The molecule has 19 heavy (non-hydrogen) atoms. The maximum absolute atomic E-state index is 11.7. The molecule has 0 spiro atoms. The second-order valence-corrected chi connectivity index (χ2v) is 4.60. The fourth-order valence-corrected chi connectivity index (χ4v) is 2.05. The smallest absolute Gasteiger partial charge is 0.328 e. The first-order chi connectivity index (χ1) is 8.99. The van der Waals surface area contributed by atoms with E-state index in [4.69, 9.17) is 9.47 Å². The maximum atomic E-state index is 11.7. The van der Waals surface area contributed by atoms with E-state index in [-0.39, 0.29) is 30.3 Å². The summed E-state index contributed by atoms with van der Waals surface area (Å²) in [7, 11) is 0. The predicted molar refractivity (Wildman–Crippen MR) is 67.1 cm³/mol. The van der Waals surface area contributed by atoms with Crippen molar-refractivity contribution < 1.29 is 23.9 Å². The van der Waals surface area contributed by atoms with E-state index in [1.54, 1.807) is 13.8 Å². The third-order valence-corrected chi connectivity index (χ3v) is 3.00. The molecule has 6 nitrogen and oxygen atoms in total. The normalized spacial score (nSPS) is 22.3. The maximum Gasteiger partial charge on any atom is 0.328 e. The quantitative estimate of drug-likeness (QED) is 0.687. The van der Waals surface area contributed by atoms with Crippen LogP contribution in [0.1, 0.15) is 33.6 Å². The first kappa shape index (κ1) is 15.5. The largest absolute Gasteiger partial charge is 0.466 e. The molecule has 1 fully saturated rings. The highest BCUT2D eigenvalue weighted by Gasteiger charge is 2.46. The third-order valence-electron chi connectivity index (χ3n) is 3.00. The van der Waals surface area contributed by atoms with Crippen LogP contribution >= 0.6 is 0 Å². The highest BCUT2D eigenvalue weighted by molar-refractivity contribution is 5.83. The zero-order valence-corrected chi connectivity index (χ0v) is 11.6. The third kappa shape index (κ3) is 4.89. The van der Waals surface area contributed by atoms with Crippen LogP contribution in [0.4, 0.5) is 0 Å². The van der Waals surface area contributed by atoms with E-state index in [1.165, 1.54) is 6.92 Å². The number of carbonyl (C=O) groups excluding carboxylic acids is 3. The topological polar surface area (TPSA) is 81.7 Å². The molecular formula is C13H21NO5. The highest BCUT2D eigenvalue weighted by atomic mass is 16.5. The zero-order chi connectivity index (χ0) is 14.4. The summed E-state index contributed by atoms with van der Waals surface area (Å²) in [5.41, 5.74) is 0. The molecule has 0 aromatic carbocycles. The number of amides is 1. The van der Waals surface area contributed by atoms with Crippen molar-refractivity contribution in [2.75, 3.05) is 13.2 Å². The number of nitrogens with one attached hydrogen (secondary N) is 1. The summed E-state index contributed by atoms with van der Waals surface area (Å²) in [5, 5.41) is 2.56. The molecule has 1 N–H and O–H groups in total. The van der Waals surface area contributed by atoms with Gasteiger partial charge in [0.05, 0.1) is 19.1 Å². The van der Waals surface area contributed by atoms with Gasteiger partial charge < -0.3 is 14.8 Å². The van der Waals surface area contributed by atoms with Gasteiger partial charge in [0.25, 0.3) is 0 Å². The number of rotatable bonds is 7. The Morgan fingerprint density at radius 3 is 2.37 bits per heavy atom. The van der Waals surface area contributed by atoms with Gasteiger partial charge in [-0.05, 0) is 32.6 Å². The molecule has 0 heterocycles. The van der Waals surface area contributed by atoms with E-state index >= 15 is 0 Å². The Labute approximate surface area is 112 Å². The van der Waals surface area contributed by atoms with Gasteiger partial charge in [0.15, 0.2) is 0 Å². The van der Waals surface area contributed by atoms with Gasteiger partial charge in [0.2, 0.25) is 5.91 Å². The minimum atomic E-state index is -0.679.